The molecule has 0 aromatic heterocycles. The fourth-order valence-electron chi connectivity index (χ4n) is 2.42. The van der Waals surface area contributed by atoms with Gasteiger partial charge in [0.2, 0.25) is 0 Å². The van der Waals surface area contributed by atoms with Crippen LogP contribution in [-0.2, 0) is 0 Å². The van der Waals surface area contributed by atoms with Gasteiger partial charge in [0.1, 0.15) is 0 Å². The van der Waals surface area contributed by atoms with Crippen LogP contribution in [0, 0.1) is 5.41 Å². The second-order valence-corrected chi connectivity index (χ2v) is 8.19. The van der Waals surface area contributed by atoms with Crippen LogP contribution in [-0.4, -0.2) is 12.1 Å². The highest BCUT2D eigenvalue weighted by Gasteiger charge is 2.17. The smallest absolute Gasteiger partial charge is 0.00967 e. The van der Waals surface area contributed by atoms with Gasteiger partial charge in [0.25, 0.3) is 0 Å². The minimum absolute atomic E-state index is 0.192. The van der Waals surface area contributed by atoms with E-state index in [-0.39, 0.29) is 5.54 Å². The molecule has 0 heterocycles. The van der Waals surface area contributed by atoms with E-state index in [9.17, 15) is 0 Å². The number of rotatable bonds is 6. The van der Waals surface area contributed by atoms with E-state index in [1.54, 1.807) is 0 Å². The molecular formula is C19H33N. The average Bonchev–Trinajstić information content (AvgIpc) is 2.32. The molecule has 1 aromatic carbocycles. The molecule has 0 aliphatic rings. The average molecular weight is 275 g/mol. The summed E-state index contributed by atoms with van der Waals surface area (Å²) < 4.78 is 0. The van der Waals surface area contributed by atoms with Gasteiger partial charge in [-0.3, -0.25) is 0 Å². The lowest BCUT2D eigenvalue weighted by molar-refractivity contribution is 0.341. The third kappa shape index (κ3) is 7.69. The van der Waals surface area contributed by atoms with Crippen LogP contribution >= 0.6 is 0 Å². The predicted octanol–water partition coefficient (Wildman–Crippen LogP) is 5.37. The summed E-state index contributed by atoms with van der Waals surface area (Å²) in [6.45, 7) is 14.8. The molecule has 0 fully saturated rings. The Morgan fingerprint density at radius 2 is 1.55 bits per heavy atom. The Kier molecular flexibility index (Phi) is 6.26. The molecule has 20 heavy (non-hydrogen) atoms. The largest absolute Gasteiger partial charge is 0.311 e. The molecule has 1 N–H and O–H groups in total. The molecule has 0 saturated carbocycles. The lowest BCUT2D eigenvalue weighted by atomic mass is 9.86. The van der Waals surface area contributed by atoms with E-state index >= 15 is 0 Å². The van der Waals surface area contributed by atoms with E-state index in [2.05, 4.69) is 77.2 Å². The summed E-state index contributed by atoms with van der Waals surface area (Å²) in [4.78, 5) is 0. The molecule has 0 aliphatic carbocycles. The van der Waals surface area contributed by atoms with Crippen molar-refractivity contribution in [2.24, 2.45) is 5.41 Å². The molecule has 114 valence electrons. The summed E-state index contributed by atoms with van der Waals surface area (Å²) in [6.07, 6.45) is 3.87. The third-order valence-corrected chi connectivity index (χ3v) is 3.63. The maximum absolute atomic E-state index is 3.67. The van der Waals surface area contributed by atoms with Gasteiger partial charge < -0.3 is 5.32 Å². The topological polar surface area (TPSA) is 12.0 Å². The zero-order chi connectivity index (χ0) is 15.2. The molecular weight excluding hydrogens is 242 g/mol. The lowest BCUT2D eigenvalue weighted by Crippen LogP contribution is -2.38. The second-order valence-electron chi connectivity index (χ2n) is 8.19. The summed E-state index contributed by atoms with van der Waals surface area (Å²) in [5.41, 5.74) is 2.11. The van der Waals surface area contributed by atoms with E-state index in [0.717, 1.165) is 6.54 Å². The first-order valence-corrected chi connectivity index (χ1v) is 7.97. The van der Waals surface area contributed by atoms with Crippen LogP contribution in [0.4, 0.5) is 0 Å². The van der Waals surface area contributed by atoms with Crippen LogP contribution < -0.4 is 5.32 Å². The van der Waals surface area contributed by atoms with Gasteiger partial charge >= 0.3 is 0 Å². The Morgan fingerprint density at radius 1 is 0.950 bits per heavy atom. The first kappa shape index (κ1) is 17.2. The standard InChI is InChI=1S/C19H33N/c1-18(2,3)14-10-13-17(15-20-19(4,5)6)16-11-8-7-9-12-16/h7-9,11-12,17,20H,10,13-15H2,1-6H3. The highest BCUT2D eigenvalue weighted by atomic mass is 14.9. The van der Waals surface area contributed by atoms with E-state index in [0.29, 0.717) is 11.3 Å². The van der Waals surface area contributed by atoms with E-state index in [4.69, 9.17) is 0 Å². The van der Waals surface area contributed by atoms with Crippen molar-refractivity contribution in [2.45, 2.75) is 72.3 Å². The SMILES string of the molecule is CC(C)(C)CCCC(CNC(C)(C)C)c1ccccc1. The van der Waals surface area contributed by atoms with E-state index in [1.807, 2.05) is 0 Å². The van der Waals surface area contributed by atoms with E-state index < -0.39 is 0 Å². The zero-order valence-electron chi connectivity index (χ0n) is 14.3. The Labute approximate surface area is 126 Å². The molecule has 1 heteroatoms. The number of nitrogens with one attached hydrogen (secondary N) is 1. The molecule has 0 bridgehead atoms. The zero-order valence-corrected chi connectivity index (χ0v) is 14.3. The minimum atomic E-state index is 0.192. The Balaban J connectivity index is 2.60. The van der Waals surface area contributed by atoms with Crippen molar-refractivity contribution in [1.82, 2.24) is 5.32 Å². The summed E-state index contributed by atoms with van der Waals surface area (Å²) >= 11 is 0. The van der Waals surface area contributed by atoms with Gasteiger partial charge in [-0.2, -0.15) is 0 Å². The van der Waals surface area contributed by atoms with Gasteiger partial charge in [0.15, 0.2) is 0 Å². The van der Waals surface area contributed by atoms with Gasteiger partial charge in [0.05, 0.1) is 0 Å². The number of hydrogen-bond acceptors (Lipinski definition) is 1. The van der Waals surface area contributed by atoms with Crippen LogP contribution in [0.3, 0.4) is 0 Å². The van der Waals surface area contributed by atoms with Crippen molar-refractivity contribution in [3.63, 3.8) is 0 Å². The van der Waals surface area contributed by atoms with Crippen LogP contribution in [0.25, 0.3) is 0 Å². The normalized spacial score (nSPS) is 14.3. The fraction of sp³-hybridized carbons (Fsp3) is 0.684. The van der Waals surface area contributed by atoms with E-state index in [1.165, 1.54) is 24.8 Å². The van der Waals surface area contributed by atoms with Crippen LogP contribution in [0.5, 0.6) is 0 Å². The molecule has 1 aromatic rings. The molecule has 1 nitrogen and oxygen atoms in total. The number of hydrogen-bond donors (Lipinski definition) is 1. The molecule has 1 atom stereocenters. The van der Waals surface area contributed by atoms with Crippen molar-refractivity contribution in [3.05, 3.63) is 35.9 Å². The van der Waals surface area contributed by atoms with Crippen molar-refractivity contribution in [3.8, 4) is 0 Å². The number of benzene rings is 1. The summed E-state index contributed by atoms with van der Waals surface area (Å²) in [7, 11) is 0. The molecule has 0 radical (unpaired) electrons. The quantitative estimate of drug-likeness (QED) is 0.735. The second kappa shape index (κ2) is 7.26. The lowest BCUT2D eigenvalue weighted by Gasteiger charge is -2.27. The maximum Gasteiger partial charge on any atom is 0.00967 e. The summed E-state index contributed by atoms with van der Waals surface area (Å²) in [6, 6.07) is 11.0. The van der Waals surface area contributed by atoms with Crippen molar-refractivity contribution >= 4 is 0 Å². The molecule has 0 spiro atoms. The Hall–Kier alpha value is -0.820. The minimum Gasteiger partial charge on any atom is -0.311 e. The predicted molar refractivity (Wildman–Crippen MR) is 90.2 cm³/mol. The Morgan fingerprint density at radius 3 is 2.05 bits per heavy atom. The first-order chi connectivity index (χ1) is 9.17. The molecule has 0 amide bonds. The van der Waals surface area contributed by atoms with Crippen molar-refractivity contribution in [2.75, 3.05) is 6.54 Å². The molecule has 0 saturated heterocycles. The van der Waals surface area contributed by atoms with Gasteiger partial charge in [-0.1, -0.05) is 57.5 Å². The summed E-state index contributed by atoms with van der Waals surface area (Å²) in [5.74, 6) is 0.623. The van der Waals surface area contributed by atoms with Gasteiger partial charge in [-0.25, -0.2) is 0 Å². The highest BCUT2D eigenvalue weighted by molar-refractivity contribution is 5.20. The third-order valence-electron chi connectivity index (χ3n) is 3.63. The van der Waals surface area contributed by atoms with Crippen LogP contribution in [0.15, 0.2) is 30.3 Å². The fourth-order valence-corrected chi connectivity index (χ4v) is 2.42. The summed E-state index contributed by atoms with van der Waals surface area (Å²) in [5, 5.41) is 3.67. The maximum atomic E-state index is 3.67. The molecule has 1 rings (SSSR count). The highest BCUT2D eigenvalue weighted by Crippen LogP contribution is 2.27. The Bertz CT molecular complexity index is 367. The van der Waals surface area contributed by atoms with Crippen molar-refractivity contribution < 1.29 is 0 Å². The first-order valence-electron chi connectivity index (χ1n) is 7.97. The van der Waals surface area contributed by atoms with Gasteiger partial charge in [-0.05, 0) is 50.5 Å². The van der Waals surface area contributed by atoms with Gasteiger partial charge in [0, 0.05) is 12.1 Å². The monoisotopic (exact) mass is 275 g/mol. The molecule has 0 aliphatic heterocycles. The van der Waals surface area contributed by atoms with Gasteiger partial charge in [-0.15, -0.1) is 0 Å². The van der Waals surface area contributed by atoms with Crippen LogP contribution in [0.1, 0.15) is 72.3 Å². The molecule has 1 unspecified atom stereocenters. The van der Waals surface area contributed by atoms with Crippen molar-refractivity contribution in [1.29, 1.82) is 0 Å². The van der Waals surface area contributed by atoms with Crippen LogP contribution in [0.2, 0.25) is 0 Å².